The van der Waals surface area contributed by atoms with E-state index in [-0.39, 0.29) is 30.1 Å². The molecule has 0 spiro atoms. The lowest BCUT2D eigenvalue weighted by molar-refractivity contribution is -0.0500. The molecule has 0 N–H and O–H groups in total. The maximum Gasteiger partial charge on any atom is 0.534 e. The number of alkyl halides is 3. The zero-order chi connectivity index (χ0) is 15.1. The first-order valence-corrected chi connectivity index (χ1v) is 6.91. The van der Waals surface area contributed by atoms with E-state index < -0.39 is 26.4 Å². The molecule has 0 saturated heterocycles. The van der Waals surface area contributed by atoms with Gasteiger partial charge in [0, 0.05) is 12.5 Å². The summed E-state index contributed by atoms with van der Waals surface area (Å²) in [6.07, 6.45) is 0.102. The Labute approximate surface area is 116 Å². The fourth-order valence-corrected chi connectivity index (χ4v) is 2.21. The quantitative estimate of drug-likeness (QED) is 0.615. The highest BCUT2D eigenvalue weighted by Gasteiger charge is 2.49. The van der Waals surface area contributed by atoms with E-state index in [0.29, 0.717) is 0 Å². The van der Waals surface area contributed by atoms with Gasteiger partial charge in [0.15, 0.2) is 11.5 Å². The van der Waals surface area contributed by atoms with Crippen molar-refractivity contribution in [3.8, 4) is 11.5 Å². The second kappa shape index (κ2) is 4.81. The zero-order valence-electron chi connectivity index (χ0n) is 9.53. The molecule has 5 nitrogen and oxygen atoms in total. The summed E-state index contributed by atoms with van der Waals surface area (Å²) in [6.45, 7) is 0.0406. The van der Waals surface area contributed by atoms with Crippen molar-refractivity contribution in [3.63, 3.8) is 0 Å². The lowest BCUT2D eigenvalue weighted by Gasteiger charge is -2.18. The van der Waals surface area contributed by atoms with Crippen molar-refractivity contribution in [1.29, 1.82) is 0 Å². The average molecular weight is 331 g/mol. The van der Waals surface area contributed by atoms with Crippen LogP contribution in [-0.2, 0) is 10.1 Å². The number of hydrogen-bond acceptors (Lipinski definition) is 5. The highest BCUT2D eigenvalue weighted by Crippen LogP contribution is 2.37. The highest BCUT2D eigenvalue weighted by molar-refractivity contribution is 7.88. The maximum absolute atomic E-state index is 12.2. The summed E-state index contributed by atoms with van der Waals surface area (Å²) in [4.78, 5) is 11.5. The smallest absolute Gasteiger partial charge is 0.492 e. The predicted octanol–water partition coefficient (Wildman–Crippen LogP) is 2.53. The van der Waals surface area contributed by atoms with Crippen molar-refractivity contribution in [1.82, 2.24) is 0 Å². The number of ether oxygens (including phenoxy) is 1. The maximum atomic E-state index is 12.2. The fourth-order valence-electron chi connectivity index (χ4n) is 1.49. The molecule has 0 bridgehead atoms. The Morgan fingerprint density at radius 2 is 1.95 bits per heavy atom. The number of fused-ring (bicyclic) bond motifs is 1. The largest absolute Gasteiger partial charge is 0.534 e. The van der Waals surface area contributed by atoms with Gasteiger partial charge in [-0.2, -0.15) is 21.6 Å². The van der Waals surface area contributed by atoms with Crippen LogP contribution >= 0.6 is 11.6 Å². The number of benzene rings is 1. The normalized spacial score (nSPS) is 15.5. The number of halogens is 4. The molecule has 0 saturated carbocycles. The molecule has 0 aliphatic carbocycles. The van der Waals surface area contributed by atoms with Gasteiger partial charge in [-0.25, -0.2) is 0 Å². The first kappa shape index (κ1) is 14.9. The fraction of sp³-hybridized carbons (Fsp3) is 0.300. The number of rotatable bonds is 2. The Morgan fingerprint density at radius 1 is 1.30 bits per heavy atom. The van der Waals surface area contributed by atoms with Crippen LogP contribution in [0.2, 0.25) is 5.02 Å². The monoisotopic (exact) mass is 330 g/mol. The molecule has 1 aliphatic heterocycles. The molecular formula is C10H6ClF3O5S. The molecule has 20 heavy (non-hydrogen) atoms. The van der Waals surface area contributed by atoms with Gasteiger partial charge in [-0.15, -0.1) is 0 Å². The average Bonchev–Trinajstić information content (AvgIpc) is 2.30. The van der Waals surface area contributed by atoms with Crippen LogP contribution in [0.4, 0.5) is 13.2 Å². The number of hydrogen-bond donors (Lipinski definition) is 0. The van der Waals surface area contributed by atoms with Gasteiger partial charge in [0.25, 0.3) is 0 Å². The minimum atomic E-state index is -5.84. The van der Waals surface area contributed by atoms with Gasteiger partial charge in [0.05, 0.1) is 17.2 Å². The Morgan fingerprint density at radius 3 is 2.55 bits per heavy atom. The summed E-state index contributed by atoms with van der Waals surface area (Å²) in [5.74, 6) is -1.13. The van der Waals surface area contributed by atoms with Gasteiger partial charge >= 0.3 is 15.6 Å². The lowest BCUT2D eigenvalue weighted by Crippen LogP contribution is -2.28. The van der Waals surface area contributed by atoms with Crippen LogP contribution in [0.25, 0.3) is 0 Å². The summed E-state index contributed by atoms with van der Waals surface area (Å²) >= 11 is 5.62. The molecule has 10 heteroatoms. The molecule has 1 aliphatic rings. The first-order chi connectivity index (χ1) is 9.12. The second-order valence-corrected chi connectivity index (χ2v) is 5.73. The van der Waals surface area contributed by atoms with Crippen LogP contribution in [0.15, 0.2) is 12.1 Å². The van der Waals surface area contributed by atoms with Crippen LogP contribution < -0.4 is 8.92 Å². The third-order valence-corrected chi connectivity index (χ3v) is 3.67. The lowest BCUT2D eigenvalue weighted by atomic mass is 10.1. The van der Waals surface area contributed by atoms with E-state index in [1.54, 1.807) is 0 Å². The minimum Gasteiger partial charge on any atom is -0.492 e. The van der Waals surface area contributed by atoms with Crippen LogP contribution in [0, 0.1) is 0 Å². The molecule has 0 fully saturated rings. The van der Waals surface area contributed by atoms with Crippen LogP contribution in [0.1, 0.15) is 16.8 Å². The number of carbonyl (C=O) groups excluding carboxylic acids is 1. The second-order valence-electron chi connectivity index (χ2n) is 3.78. The molecule has 1 aromatic carbocycles. The highest BCUT2D eigenvalue weighted by atomic mass is 35.5. The van der Waals surface area contributed by atoms with E-state index in [1.165, 1.54) is 0 Å². The topological polar surface area (TPSA) is 69.7 Å². The molecule has 1 heterocycles. The SMILES string of the molecule is O=C1CCOc2cc(OS(=O)(=O)C(F)(F)F)c(Cl)cc21. The molecule has 0 amide bonds. The number of carbonyl (C=O) groups is 1. The van der Waals surface area contributed by atoms with E-state index in [9.17, 15) is 26.4 Å². The molecule has 0 unspecified atom stereocenters. The molecule has 0 aromatic heterocycles. The van der Waals surface area contributed by atoms with E-state index in [0.717, 1.165) is 12.1 Å². The molecule has 0 radical (unpaired) electrons. The van der Waals surface area contributed by atoms with E-state index in [2.05, 4.69) is 4.18 Å². The van der Waals surface area contributed by atoms with Gasteiger partial charge in [0.1, 0.15) is 5.75 Å². The zero-order valence-corrected chi connectivity index (χ0v) is 11.1. The number of ketones is 1. The van der Waals surface area contributed by atoms with Gasteiger partial charge < -0.3 is 8.92 Å². The summed E-state index contributed by atoms with van der Waals surface area (Å²) in [7, 11) is -5.84. The summed E-state index contributed by atoms with van der Waals surface area (Å²) in [6, 6.07) is 1.86. The van der Waals surface area contributed by atoms with Crippen molar-refractivity contribution in [2.45, 2.75) is 11.9 Å². The molecule has 2 rings (SSSR count). The van der Waals surface area contributed by atoms with Crippen LogP contribution in [0.5, 0.6) is 11.5 Å². The third kappa shape index (κ3) is 2.68. The van der Waals surface area contributed by atoms with Gasteiger partial charge in [0.2, 0.25) is 0 Å². The predicted molar refractivity (Wildman–Crippen MR) is 61.5 cm³/mol. The Hall–Kier alpha value is -1.48. The van der Waals surface area contributed by atoms with Crippen LogP contribution in [-0.4, -0.2) is 26.3 Å². The van der Waals surface area contributed by atoms with Crippen molar-refractivity contribution in [2.24, 2.45) is 0 Å². The first-order valence-electron chi connectivity index (χ1n) is 5.12. The third-order valence-electron chi connectivity index (χ3n) is 2.40. The van der Waals surface area contributed by atoms with E-state index in [1.807, 2.05) is 0 Å². The van der Waals surface area contributed by atoms with Crippen molar-refractivity contribution < 1.29 is 35.3 Å². The van der Waals surface area contributed by atoms with Crippen molar-refractivity contribution >= 4 is 27.5 Å². The molecule has 1 aromatic rings. The van der Waals surface area contributed by atoms with Crippen molar-refractivity contribution in [3.05, 3.63) is 22.7 Å². The Balaban J connectivity index is 2.43. The standard InChI is InChI=1S/C10H6ClF3O5S/c11-6-3-5-7(15)1-2-18-8(5)4-9(6)19-20(16,17)10(12,13)14/h3-4H,1-2H2. The Kier molecular flexibility index (Phi) is 3.59. The summed E-state index contributed by atoms with van der Waals surface area (Å²) in [5, 5.41) is -0.435. The summed E-state index contributed by atoms with van der Waals surface area (Å²) < 4.78 is 67.4. The molecule has 0 atom stereocenters. The van der Waals surface area contributed by atoms with E-state index >= 15 is 0 Å². The van der Waals surface area contributed by atoms with Gasteiger partial charge in [-0.3, -0.25) is 4.79 Å². The van der Waals surface area contributed by atoms with Gasteiger partial charge in [-0.05, 0) is 6.07 Å². The molecule has 110 valence electrons. The Bertz CT molecular complexity index is 668. The van der Waals surface area contributed by atoms with Crippen molar-refractivity contribution in [2.75, 3.05) is 6.61 Å². The van der Waals surface area contributed by atoms with E-state index in [4.69, 9.17) is 16.3 Å². The van der Waals surface area contributed by atoms with Crippen LogP contribution in [0.3, 0.4) is 0 Å². The number of Topliss-reactive ketones (excluding diaryl/α,β-unsaturated/α-hetero) is 1. The van der Waals surface area contributed by atoms with Gasteiger partial charge in [-0.1, -0.05) is 11.6 Å². The molecular weight excluding hydrogens is 325 g/mol. The summed E-state index contributed by atoms with van der Waals surface area (Å²) in [5.41, 5.74) is -5.51. The minimum absolute atomic E-state index is 0.0406.